The van der Waals surface area contributed by atoms with Gasteiger partial charge in [-0.15, -0.1) is 0 Å². The Bertz CT molecular complexity index is 603. The molecular weight excluding hydrogens is 370 g/mol. The molecule has 20 heavy (non-hydrogen) atoms. The van der Waals surface area contributed by atoms with E-state index in [4.69, 9.17) is 16.7 Å². The smallest absolute Gasteiger partial charge is 0.321 e. The van der Waals surface area contributed by atoms with Crippen molar-refractivity contribution in [2.45, 2.75) is 31.2 Å². The zero-order valence-corrected chi connectivity index (χ0v) is 14.1. The SMILES string of the molecule is CC(C)C[C@H](NS(=O)(=O)c1cccc(Cl)c1Br)C(=O)O. The molecule has 112 valence electrons. The van der Waals surface area contributed by atoms with Crippen molar-refractivity contribution in [1.82, 2.24) is 4.72 Å². The van der Waals surface area contributed by atoms with Crippen molar-refractivity contribution < 1.29 is 18.3 Å². The standard InChI is InChI=1S/C12H15BrClNO4S/c1-7(2)6-9(12(16)17)15-20(18,19)10-5-3-4-8(14)11(10)13/h3-5,7,9,15H,6H2,1-2H3,(H,16,17)/t9-/m0/s1. The van der Waals surface area contributed by atoms with Crippen LogP contribution in [0.2, 0.25) is 5.02 Å². The third-order valence-electron chi connectivity index (χ3n) is 2.51. The first-order valence-electron chi connectivity index (χ1n) is 5.84. The van der Waals surface area contributed by atoms with Gasteiger partial charge in [-0.05, 0) is 40.4 Å². The lowest BCUT2D eigenvalue weighted by atomic mass is 10.1. The molecule has 0 aliphatic heterocycles. The lowest BCUT2D eigenvalue weighted by Crippen LogP contribution is -2.41. The van der Waals surface area contributed by atoms with Crippen LogP contribution in [0.25, 0.3) is 0 Å². The molecule has 1 rings (SSSR count). The van der Waals surface area contributed by atoms with Gasteiger partial charge in [-0.1, -0.05) is 31.5 Å². The zero-order chi connectivity index (χ0) is 15.5. The maximum atomic E-state index is 12.2. The summed E-state index contributed by atoms with van der Waals surface area (Å²) in [6, 6.07) is 3.20. The number of carboxylic acid groups (broad SMARTS) is 1. The van der Waals surface area contributed by atoms with Crippen LogP contribution in [-0.2, 0) is 14.8 Å². The van der Waals surface area contributed by atoms with Crippen LogP contribution >= 0.6 is 27.5 Å². The van der Waals surface area contributed by atoms with Crippen molar-refractivity contribution >= 4 is 43.5 Å². The first-order chi connectivity index (χ1) is 9.15. The molecule has 0 unspecified atom stereocenters. The summed E-state index contributed by atoms with van der Waals surface area (Å²) in [5, 5.41) is 9.33. The van der Waals surface area contributed by atoms with E-state index in [2.05, 4.69) is 20.7 Å². The molecule has 1 atom stereocenters. The Morgan fingerprint density at radius 1 is 1.45 bits per heavy atom. The van der Waals surface area contributed by atoms with Gasteiger partial charge in [0, 0.05) is 0 Å². The van der Waals surface area contributed by atoms with Crippen molar-refractivity contribution in [3.8, 4) is 0 Å². The minimum Gasteiger partial charge on any atom is -0.480 e. The Balaban J connectivity index is 3.10. The van der Waals surface area contributed by atoms with Crippen LogP contribution in [-0.4, -0.2) is 25.5 Å². The first-order valence-corrected chi connectivity index (χ1v) is 8.49. The number of carboxylic acids is 1. The van der Waals surface area contributed by atoms with Crippen LogP contribution < -0.4 is 4.72 Å². The van der Waals surface area contributed by atoms with Gasteiger partial charge in [0.25, 0.3) is 0 Å². The van der Waals surface area contributed by atoms with Gasteiger partial charge in [0.1, 0.15) is 6.04 Å². The van der Waals surface area contributed by atoms with Crippen LogP contribution in [0.4, 0.5) is 0 Å². The summed E-state index contributed by atoms with van der Waals surface area (Å²) in [5.41, 5.74) is 0. The second-order valence-corrected chi connectivity index (χ2v) is 7.58. The summed E-state index contributed by atoms with van der Waals surface area (Å²) in [5.74, 6) is -1.16. The zero-order valence-electron chi connectivity index (χ0n) is 10.9. The van der Waals surface area contributed by atoms with Crippen molar-refractivity contribution in [3.63, 3.8) is 0 Å². The molecule has 0 spiro atoms. The number of aliphatic carboxylic acids is 1. The average molecular weight is 385 g/mol. The highest BCUT2D eigenvalue weighted by molar-refractivity contribution is 9.10. The summed E-state index contributed by atoms with van der Waals surface area (Å²) in [4.78, 5) is 11.0. The summed E-state index contributed by atoms with van der Waals surface area (Å²) in [7, 11) is -3.97. The van der Waals surface area contributed by atoms with Crippen LogP contribution in [0.1, 0.15) is 20.3 Å². The van der Waals surface area contributed by atoms with Gasteiger partial charge in [-0.3, -0.25) is 4.79 Å². The van der Waals surface area contributed by atoms with E-state index in [9.17, 15) is 13.2 Å². The summed E-state index contributed by atoms with van der Waals surface area (Å²) < 4.78 is 26.9. The Hall–Kier alpha value is -0.630. The maximum Gasteiger partial charge on any atom is 0.321 e. The monoisotopic (exact) mass is 383 g/mol. The third kappa shape index (κ3) is 4.44. The van der Waals surface area contributed by atoms with Crippen LogP contribution in [0.3, 0.4) is 0 Å². The predicted octanol–water partition coefficient (Wildman–Crippen LogP) is 2.88. The van der Waals surface area contributed by atoms with Crippen LogP contribution in [0.15, 0.2) is 27.6 Å². The van der Waals surface area contributed by atoms with Gasteiger partial charge in [0.2, 0.25) is 10.0 Å². The second-order valence-electron chi connectivity index (χ2n) is 4.69. The fraction of sp³-hybridized carbons (Fsp3) is 0.417. The van der Waals surface area contributed by atoms with E-state index in [1.165, 1.54) is 18.2 Å². The number of rotatable bonds is 6. The van der Waals surface area contributed by atoms with Gasteiger partial charge in [-0.2, -0.15) is 4.72 Å². The highest BCUT2D eigenvalue weighted by atomic mass is 79.9. The van der Waals surface area contributed by atoms with E-state index in [0.717, 1.165) is 0 Å². The predicted molar refractivity (Wildman–Crippen MR) is 80.4 cm³/mol. The third-order valence-corrected chi connectivity index (χ3v) is 5.68. The van der Waals surface area contributed by atoms with Gasteiger partial charge >= 0.3 is 5.97 Å². The van der Waals surface area contributed by atoms with Crippen LogP contribution in [0, 0.1) is 5.92 Å². The molecule has 0 bridgehead atoms. The van der Waals surface area contributed by atoms with Crippen molar-refractivity contribution in [2.24, 2.45) is 5.92 Å². The van der Waals surface area contributed by atoms with Crippen LogP contribution in [0.5, 0.6) is 0 Å². The Kier molecular flexibility index (Phi) is 6.00. The average Bonchev–Trinajstić information content (AvgIpc) is 2.30. The Morgan fingerprint density at radius 3 is 2.55 bits per heavy atom. The number of halogens is 2. The highest BCUT2D eigenvalue weighted by Crippen LogP contribution is 2.29. The van der Waals surface area contributed by atoms with Crippen molar-refractivity contribution in [2.75, 3.05) is 0 Å². The molecule has 1 aromatic carbocycles. The second kappa shape index (κ2) is 6.89. The molecule has 0 saturated carbocycles. The number of nitrogens with one attached hydrogen (secondary N) is 1. The quantitative estimate of drug-likeness (QED) is 0.790. The van der Waals surface area contributed by atoms with E-state index in [1.807, 2.05) is 13.8 Å². The van der Waals surface area contributed by atoms with E-state index >= 15 is 0 Å². The number of sulfonamides is 1. The molecule has 2 N–H and O–H groups in total. The Labute approximate surface area is 131 Å². The molecule has 0 heterocycles. The first kappa shape index (κ1) is 17.4. The van der Waals surface area contributed by atoms with Gasteiger partial charge in [0.05, 0.1) is 14.4 Å². The molecule has 0 aliphatic carbocycles. The lowest BCUT2D eigenvalue weighted by Gasteiger charge is -2.17. The molecule has 5 nitrogen and oxygen atoms in total. The van der Waals surface area contributed by atoms with E-state index in [0.29, 0.717) is 0 Å². The molecule has 0 amide bonds. The molecule has 1 aromatic rings. The van der Waals surface area contributed by atoms with Gasteiger partial charge < -0.3 is 5.11 Å². The maximum absolute atomic E-state index is 12.2. The van der Waals surface area contributed by atoms with Gasteiger partial charge in [0.15, 0.2) is 0 Å². The largest absolute Gasteiger partial charge is 0.480 e. The van der Waals surface area contributed by atoms with E-state index in [1.54, 1.807) is 0 Å². The van der Waals surface area contributed by atoms with E-state index < -0.39 is 22.0 Å². The Morgan fingerprint density at radius 2 is 2.05 bits per heavy atom. The summed E-state index contributed by atoms with van der Waals surface area (Å²) >= 11 is 8.94. The van der Waals surface area contributed by atoms with Crippen molar-refractivity contribution in [1.29, 1.82) is 0 Å². The minimum absolute atomic E-state index is 0.0432. The molecule has 0 fully saturated rings. The lowest BCUT2D eigenvalue weighted by molar-refractivity contribution is -0.139. The summed E-state index contributed by atoms with van der Waals surface area (Å²) in [6.45, 7) is 3.64. The normalized spacial score (nSPS) is 13.4. The topological polar surface area (TPSA) is 83.5 Å². The van der Waals surface area contributed by atoms with Gasteiger partial charge in [-0.25, -0.2) is 8.42 Å². The summed E-state index contributed by atoms with van der Waals surface area (Å²) in [6.07, 6.45) is 0.201. The minimum atomic E-state index is -3.97. The highest BCUT2D eigenvalue weighted by Gasteiger charge is 2.27. The molecule has 0 saturated heterocycles. The fourth-order valence-electron chi connectivity index (χ4n) is 1.61. The molecule has 0 aromatic heterocycles. The molecule has 0 radical (unpaired) electrons. The number of benzene rings is 1. The number of hydrogen-bond acceptors (Lipinski definition) is 3. The fourth-order valence-corrected chi connectivity index (χ4v) is 4.05. The number of hydrogen-bond donors (Lipinski definition) is 2. The number of carbonyl (C=O) groups is 1. The van der Waals surface area contributed by atoms with E-state index in [-0.39, 0.29) is 26.7 Å². The molecule has 8 heteroatoms. The molecular formula is C12H15BrClNO4S. The van der Waals surface area contributed by atoms with Crippen molar-refractivity contribution in [3.05, 3.63) is 27.7 Å². The molecule has 0 aliphatic rings.